The molecule has 1 aromatic carbocycles. The predicted octanol–water partition coefficient (Wildman–Crippen LogP) is -0.517. The highest BCUT2D eigenvalue weighted by atomic mass is 35.5. The third-order valence-electron chi connectivity index (χ3n) is 6.47. The van der Waals surface area contributed by atoms with Gasteiger partial charge in [-0.2, -0.15) is 0 Å². The number of urea groups is 1. The molecule has 0 bridgehead atoms. The van der Waals surface area contributed by atoms with Gasteiger partial charge in [-0.25, -0.2) is 9.18 Å². The maximum atomic E-state index is 13.5. The lowest BCUT2D eigenvalue weighted by Gasteiger charge is -2.35. The Morgan fingerprint density at radius 1 is 1.27 bits per heavy atom. The average Bonchev–Trinajstić information content (AvgIpc) is 3.22. The zero-order valence-corrected chi connectivity index (χ0v) is 21.9. The number of ether oxygens (including phenoxy) is 4. The fraction of sp³-hybridized carbons (Fsp3) is 0.458. The molecule has 3 aliphatic rings. The second-order valence-electron chi connectivity index (χ2n) is 9.23. The second kappa shape index (κ2) is 12.1. The van der Waals surface area contributed by atoms with E-state index in [4.69, 9.17) is 36.3 Å². The number of carbonyl (C=O) groups is 3. The predicted molar refractivity (Wildman–Crippen MR) is 133 cm³/mol. The molecule has 40 heavy (non-hydrogen) atoms. The van der Waals surface area contributed by atoms with Crippen molar-refractivity contribution in [3.63, 3.8) is 0 Å². The largest absolute Gasteiger partial charge is 0.457 e. The topological polar surface area (TPSA) is 202 Å². The van der Waals surface area contributed by atoms with Crippen LogP contribution in [-0.2, 0) is 28.5 Å². The maximum Gasteiger partial charge on any atom is 0.325 e. The highest BCUT2D eigenvalue weighted by molar-refractivity contribution is 6.31. The molecule has 9 atom stereocenters. The van der Waals surface area contributed by atoms with Gasteiger partial charge in [0.1, 0.15) is 36.5 Å². The number of methoxy groups -OCH3 is 1. The van der Waals surface area contributed by atoms with Gasteiger partial charge in [-0.3, -0.25) is 14.5 Å². The van der Waals surface area contributed by atoms with Gasteiger partial charge in [0.2, 0.25) is 12.2 Å². The number of hydrogen-bond donors (Lipinski definition) is 6. The SMILES string of the molecule is CO[C@H]1[C@@H](O)[C@H](N2C=CC(O)NC2=O)O[C@@H]1[C@@H](O[C@H]1OC(C(=O)Nc2ccc(F)c(Cl)c2)=C[C@H](C)[C@@H]1O)C(N)=O. The van der Waals surface area contributed by atoms with Gasteiger partial charge in [-0.1, -0.05) is 18.5 Å². The molecule has 0 radical (unpaired) electrons. The summed E-state index contributed by atoms with van der Waals surface area (Å²) in [6.45, 7) is 1.56. The summed E-state index contributed by atoms with van der Waals surface area (Å²) in [6, 6.07) is 2.73. The quantitative estimate of drug-likeness (QED) is 0.230. The van der Waals surface area contributed by atoms with Crippen LogP contribution in [0, 0.1) is 11.7 Å². The van der Waals surface area contributed by atoms with Gasteiger partial charge < -0.3 is 50.6 Å². The van der Waals surface area contributed by atoms with Gasteiger partial charge in [0, 0.05) is 24.9 Å². The molecule has 1 fully saturated rings. The summed E-state index contributed by atoms with van der Waals surface area (Å²) in [5, 5.41) is 35.6. The van der Waals surface area contributed by atoms with E-state index in [1.165, 1.54) is 37.6 Å². The van der Waals surface area contributed by atoms with Crippen molar-refractivity contribution < 1.29 is 53.0 Å². The molecule has 0 spiro atoms. The molecule has 218 valence electrons. The smallest absolute Gasteiger partial charge is 0.325 e. The Labute approximate surface area is 232 Å². The number of carbonyl (C=O) groups excluding carboxylic acids is 3. The van der Waals surface area contributed by atoms with Crippen molar-refractivity contribution in [2.45, 2.75) is 56.2 Å². The fourth-order valence-electron chi connectivity index (χ4n) is 4.39. The standard InChI is InChI=1S/C24H28ClFN4O10/c1-9-7-13(21(35)28-10-3-4-12(26)11(25)8-10)38-23(15(9)32)40-19(20(27)34)18-17(37-2)16(33)22(39-18)30-6-5-14(31)29-24(30)36/h3-9,14-19,22-23,31-33H,1-2H3,(H2,27,34)(H,28,35)(H,29,36)/t9-,14?,15-,16+,17-,18-,19+,22+,23+/m0/s1. The van der Waals surface area contributed by atoms with E-state index < -0.39 is 78.8 Å². The van der Waals surface area contributed by atoms with Crippen LogP contribution in [0.1, 0.15) is 6.92 Å². The lowest BCUT2D eigenvalue weighted by molar-refractivity contribution is -0.234. The molecule has 7 N–H and O–H groups in total. The number of aliphatic hydroxyl groups is 3. The molecule has 14 nitrogen and oxygen atoms in total. The zero-order valence-electron chi connectivity index (χ0n) is 21.1. The van der Waals surface area contributed by atoms with Crippen LogP contribution in [0.3, 0.4) is 0 Å². The van der Waals surface area contributed by atoms with E-state index in [1.807, 2.05) is 0 Å². The number of aliphatic hydroxyl groups excluding tert-OH is 3. The molecule has 4 rings (SSSR count). The molecular weight excluding hydrogens is 559 g/mol. The molecule has 3 heterocycles. The molecule has 1 saturated heterocycles. The van der Waals surface area contributed by atoms with E-state index in [2.05, 4.69) is 10.6 Å². The van der Waals surface area contributed by atoms with Crippen LogP contribution in [0.2, 0.25) is 5.02 Å². The summed E-state index contributed by atoms with van der Waals surface area (Å²) < 4.78 is 35.8. The monoisotopic (exact) mass is 586 g/mol. The van der Waals surface area contributed by atoms with Crippen LogP contribution in [0.25, 0.3) is 0 Å². The summed E-state index contributed by atoms with van der Waals surface area (Å²) >= 11 is 5.76. The first-order chi connectivity index (χ1) is 18.9. The number of nitrogens with zero attached hydrogens (tertiary/aromatic N) is 1. The van der Waals surface area contributed by atoms with E-state index >= 15 is 0 Å². The minimum atomic E-state index is -1.70. The summed E-state index contributed by atoms with van der Waals surface area (Å²) in [6.07, 6.45) is -7.70. The first-order valence-corrected chi connectivity index (χ1v) is 12.4. The van der Waals surface area contributed by atoms with Gasteiger partial charge in [-0.15, -0.1) is 0 Å². The van der Waals surface area contributed by atoms with Crippen LogP contribution in [0.5, 0.6) is 0 Å². The summed E-state index contributed by atoms with van der Waals surface area (Å²) in [5.41, 5.74) is 5.74. The van der Waals surface area contributed by atoms with Gasteiger partial charge in [-0.05, 0) is 30.4 Å². The Kier molecular flexibility index (Phi) is 8.94. The minimum Gasteiger partial charge on any atom is -0.457 e. The van der Waals surface area contributed by atoms with E-state index in [0.29, 0.717) is 0 Å². The number of nitrogens with one attached hydrogen (secondary N) is 2. The van der Waals surface area contributed by atoms with Crippen molar-refractivity contribution in [2.24, 2.45) is 11.7 Å². The third kappa shape index (κ3) is 6.05. The first kappa shape index (κ1) is 29.7. The molecule has 1 aromatic rings. The Balaban J connectivity index is 1.51. The van der Waals surface area contributed by atoms with Crippen LogP contribution < -0.4 is 16.4 Å². The molecule has 0 saturated carbocycles. The number of nitrogens with two attached hydrogens (primary N) is 1. The average molecular weight is 587 g/mol. The third-order valence-corrected chi connectivity index (χ3v) is 6.76. The lowest BCUT2D eigenvalue weighted by atomic mass is 10.00. The van der Waals surface area contributed by atoms with E-state index in [9.17, 15) is 34.1 Å². The number of hydrogen-bond acceptors (Lipinski definition) is 10. The van der Waals surface area contributed by atoms with Gasteiger partial charge in [0.25, 0.3) is 5.91 Å². The van der Waals surface area contributed by atoms with E-state index in [1.54, 1.807) is 6.92 Å². The molecule has 4 amide bonds. The Morgan fingerprint density at radius 2 is 2.00 bits per heavy atom. The van der Waals surface area contributed by atoms with Crippen LogP contribution in [0.15, 0.2) is 42.3 Å². The first-order valence-electron chi connectivity index (χ1n) is 12.0. The van der Waals surface area contributed by atoms with Crippen molar-refractivity contribution in [1.29, 1.82) is 0 Å². The normalized spacial score (nSPS) is 32.6. The van der Waals surface area contributed by atoms with Crippen LogP contribution in [0.4, 0.5) is 14.9 Å². The highest BCUT2D eigenvalue weighted by Crippen LogP contribution is 2.33. The molecule has 0 aliphatic carbocycles. The number of halogens is 2. The Hall–Kier alpha value is -3.31. The molecule has 3 aliphatic heterocycles. The van der Waals surface area contributed by atoms with Crippen molar-refractivity contribution in [3.8, 4) is 0 Å². The molecule has 16 heteroatoms. The van der Waals surface area contributed by atoms with Crippen molar-refractivity contribution in [3.05, 3.63) is 53.2 Å². The number of amides is 4. The van der Waals surface area contributed by atoms with Gasteiger partial charge in [0.05, 0.1) is 5.02 Å². The van der Waals surface area contributed by atoms with E-state index in [-0.39, 0.29) is 16.5 Å². The Morgan fingerprint density at radius 3 is 2.62 bits per heavy atom. The fourth-order valence-corrected chi connectivity index (χ4v) is 4.57. The summed E-state index contributed by atoms with van der Waals surface area (Å²) in [4.78, 5) is 38.6. The Bertz CT molecular complexity index is 1220. The number of rotatable bonds is 8. The number of benzene rings is 1. The number of anilines is 1. The summed E-state index contributed by atoms with van der Waals surface area (Å²) in [5.74, 6) is -3.54. The zero-order chi connectivity index (χ0) is 29.3. The van der Waals surface area contributed by atoms with Gasteiger partial charge >= 0.3 is 6.03 Å². The van der Waals surface area contributed by atoms with Crippen molar-refractivity contribution >= 4 is 35.1 Å². The maximum absolute atomic E-state index is 13.5. The molecule has 1 unspecified atom stereocenters. The highest BCUT2D eigenvalue weighted by Gasteiger charge is 2.54. The lowest BCUT2D eigenvalue weighted by Crippen LogP contribution is -2.53. The number of primary amides is 1. The van der Waals surface area contributed by atoms with E-state index in [0.717, 1.165) is 11.0 Å². The second-order valence-corrected chi connectivity index (χ2v) is 9.64. The molecular formula is C24H28ClFN4O10. The van der Waals surface area contributed by atoms with Crippen LogP contribution >= 0.6 is 11.6 Å². The van der Waals surface area contributed by atoms with Crippen molar-refractivity contribution in [2.75, 3.05) is 12.4 Å². The van der Waals surface area contributed by atoms with Crippen molar-refractivity contribution in [1.82, 2.24) is 10.2 Å². The summed E-state index contributed by atoms with van der Waals surface area (Å²) in [7, 11) is 1.22. The van der Waals surface area contributed by atoms with Crippen LogP contribution in [-0.4, -0.2) is 94.4 Å². The molecule has 0 aromatic heterocycles. The van der Waals surface area contributed by atoms with Gasteiger partial charge in [0.15, 0.2) is 18.1 Å². The minimum absolute atomic E-state index is 0.165.